The summed E-state index contributed by atoms with van der Waals surface area (Å²) in [6.07, 6.45) is 0. The molecule has 2 aromatic rings. The quantitative estimate of drug-likeness (QED) is 0.807. The van der Waals surface area contributed by atoms with Crippen molar-refractivity contribution in [3.05, 3.63) is 48.0 Å². The first-order chi connectivity index (χ1) is 12.3. The van der Waals surface area contributed by atoms with Crippen molar-refractivity contribution in [2.75, 3.05) is 23.5 Å². The predicted molar refractivity (Wildman–Crippen MR) is 99.4 cm³/mol. The van der Waals surface area contributed by atoms with Crippen LogP contribution in [-0.2, 0) is 14.6 Å². The second-order valence-corrected chi connectivity index (χ2v) is 7.76. The van der Waals surface area contributed by atoms with Crippen molar-refractivity contribution in [1.82, 2.24) is 0 Å². The molecule has 2 amide bonds. The van der Waals surface area contributed by atoms with Crippen LogP contribution in [0.5, 0.6) is 5.75 Å². The first kappa shape index (κ1) is 19.5. The maximum Gasteiger partial charge on any atom is 0.255 e. The number of hydrogen-bond donors (Lipinski definition) is 2. The van der Waals surface area contributed by atoms with E-state index in [1.54, 1.807) is 25.1 Å². The van der Waals surface area contributed by atoms with Crippen molar-refractivity contribution >= 4 is 33.0 Å². The van der Waals surface area contributed by atoms with E-state index in [2.05, 4.69) is 10.6 Å². The van der Waals surface area contributed by atoms with Gasteiger partial charge in [-0.2, -0.15) is 0 Å². The summed E-state index contributed by atoms with van der Waals surface area (Å²) >= 11 is 0. The maximum absolute atomic E-state index is 12.4. The maximum atomic E-state index is 12.4. The van der Waals surface area contributed by atoms with Gasteiger partial charge in [-0.1, -0.05) is 6.92 Å². The molecule has 0 heterocycles. The van der Waals surface area contributed by atoms with Crippen molar-refractivity contribution in [2.24, 2.45) is 0 Å². The van der Waals surface area contributed by atoms with Crippen LogP contribution < -0.4 is 15.4 Å². The van der Waals surface area contributed by atoms with E-state index in [9.17, 15) is 18.0 Å². The Balaban J connectivity index is 2.25. The van der Waals surface area contributed by atoms with Gasteiger partial charge >= 0.3 is 0 Å². The molecule has 0 unspecified atom stereocenters. The molecular formula is C18H20N2O5S. The fraction of sp³-hybridized carbons (Fsp3) is 0.222. The van der Waals surface area contributed by atoms with Gasteiger partial charge in [0.15, 0.2) is 9.84 Å². The monoisotopic (exact) mass is 376 g/mol. The molecule has 0 bridgehead atoms. The lowest BCUT2D eigenvalue weighted by molar-refractivity contribution is -0.114. The number of rotatable bonds is 6. The van der Waals surface area contributed by atoms with Crippen LogP contribution in [0.1, 0.15) is 24.2 Å². The minimum Gasteiger partial charge on any atom is -0.495 e. The number of amides is 2. The lowest BCUT2D eigenvalue weighted by Gasteiger charge is -2.12. The summed E-state index contributed by atoms with van der Waals surface area (Å²) in [5, 5.41) is 5.33. The van der Waals surface area contributed by atoms with Gasteiger partial charge in [-0.15, -0.1) is 0 Å². The molecule has 0 atom stereocenters. The molecule has 2 N–H and O–H groups in total. The summed E-state index contributed by atoms with van der Waals surface area (Å²) in [6, 6.07) is 10.5. The zero-order valence-electron chi connectivity index (χ0n) is 14.7. The summed E-state index contributed by atoms with van der Waals surface area (Å²) in [7, 11) is -1.85. The van der Waals surface area contributed by atoms with E-state index in [1.165, 1.54) is 38.3 Å². The van der Waals surface area contributed by atoms with Gasteiger partial charge in [0, 0.05) is 18.2 Å². The Labute approximate surface area is 152 Å². The van der Waals surface area contributed by atoms with Gasteiger partial charge in [-0.3, -0.25) is 9.59 Å². The van der Waals surface area contributed by atoms with E-state index >= 15 is 0 Å². The van der Waals surface area contributed by atoms with Gasteiger partial charge in [0.1, 0.15) is 5.75 Å². The summed E-state index contributed by atoms with van der Waals surface area (Å²) in [5.41, 5.74) is 1.19. The van der Waals surface area contributed by atoms with Crippen LogP contribution in [0.2, 0.25) is 0 Å². The molecular weight excluding hydrogens is 356 g/mol. The van der Waals surface area contributed by atoms with Crippen LogP contribution in [0.4, 0.5) is 11.4 Å². The van der Waals surface area contributed by atoms with Gasteiger partial charge in [-0.05, 0) is 42.5 Å². The minimum absolute atomic E-state index is 0.00825. The normalized spacial score (nSPS) is 10.9. The highest BCUT2D eigenvalue weighted by atomic mass is 32.2. The summed E-state index contributed by atoms with van der Waals surface area (Å²) in [4.78, 5) is 23.8. The Morgan fingerprint density at radius 1 is 1.04 bits per heavy atom. The van der Waals surface area contributed by atoms with Gasteiger partial charge in [-0.25, -0.2) is 8.42 Å². The van der Waals surface area contributed by atoms with Gasteiger partial charge < -0.3 is 15.4 Å². The van der Waals surface area contributed by atoms with E-state index in [-0.39, 0.29) is 16.6 Å². The van der Waals surface area contributed by atoms with Crippen LogP contribution in [0.3, 0.4) is 0 Å². The molecule has 0 radical (unpaired) electrons. The Morgan fingerprint density at radius 2 is 1.69 bits per heavy atom. The van der Waals surface area contributed by atoms with Gasteiger partial charge in [0.05, 0.1) is 23.4 Å². The summed E-state index contributed by atoms with van der Waals surface area (Å²) in [6.45, 7) is 2.94. The lowest BCUT2D eigenvalue weighted by atomic mass is 10.2. The fourth-order valence-corrected chi connectivity index (χ4v) is 3.15. The second kappa shape index (κ2) is 8.01. The second-order valence-electron chi connectivity index (χ2n) is 5.48. The van der Waals surface area contributed by atoms with Crippen molar-refractivity contribution in [3.63, 3.8) is 0 Å². The number of carbonyl (C=O) groups is 2. The number of benzene rings is 2. The first-order valence-corrected chi connectivity index (χ1v) is 9.52. The summed E-state index contributed by atoms with van der Waals surface area (Å²) < 4.78 is 28.9. The minimum atomic E-state index is -3.32. The molecule has 0 aliphatic heterocycles. The Hall–Kier alpha value is -2.87. The van der Waals surface area contributed by atoms with Crippen LogP contribution in [0, 0.1) is 0 Å². The predicted octanol–water partition coefficient (Wildman–Crippen LogP) is 2.70. The number of methoxy groups -OCH3 is 1. The molecule has 0 aromatic heterocycles. The number of anilines is 2. The molecule has 0 fully saturated rings. The molecule has 2 rings (SSSR count). The highest BCUT2D eigenvalue weighted by Gasteiger charge is 2.14. The van der Waals surface area contributed by atoms with E-state index in [0.29, 0.717) is 22.7 Å². The fourth-order valence-electron chi connectivity index (χ4n) is 2.26. The topological polar surface area (TPSA) is 102 Å². The Kier molecular flexibility index (Phi) is 5.99. The third-order valence-electron chi connectivity index (χ3n) is 3.62. The molecule has 0 saturated carbocycles. The summed E-state index contributed by atoms with van der Waals surface area (Å²) in [5.74, 6) is -0.243. The van der Waals surface area contributed by atoms with E-state index in [4.69, 9.17) is 4.74 Å². The first-order valence-electron chi connectivity index (χ1n) is 7.86. The third-order valence-corrected chi connectivity index (χ3v) is 5.37. The number of nitrogens with one attached hydrogen (secondary N) is 2. The van der Waals surface area contributed by atoms with Gasteiger partial charge in [0.25, 0.3) is 5.91 Å². The smallest absolute Gasteiger partial charge is 0.255 e. The van der Waals surface area contributed by atoms with Crippen LogP contribution >= 0.6 is 0 Å². The zero-order chi connectivity index (χ0) is 19.3. The molecule has 2 aromatic carbocycles. The Bertz CT molecular complexity index is 921. The molecule has 0 saturated heterocycles. The van der Waals surface area contributed by atoms with Crippen molar-refractivity contribution < 1.29 is 22.7 Å². The number of carbonyl (C=O) groups excluding carboxylic acids is 2. The van der Waals surface area contributed by atoms with E-state index in [1.807, 2.05) is 0 Å². The Morgan fingerprint density at radius 3 is 2.23 bits per heavy atom. The molecule has 8 heteroatoms. The molecule has 0 aliphatic carbocycles. The average molecular weight is 376 g/mol. The lowest BCUT2D eigenvalue weighted by Crippen LogP contribution is -2.14. The van der Waals surface area contributed by atoms with Crippen molar-refractivity contribution in [1.29, 1.82) is 0 Å². The molecule has 26 heavy (non-hydrogen) atoms. The van der Waals surface area contributed by atoms with Crippen molar-refractivity contribution in [3.8, 4) is 5.75 Å². The molecule has 7 nitrogen and oxygen atoms in total. The van der Waals surface area contributed by atoms with Crippen LogP contribution in [0.15, 0.2) is 47.4 Å². The SMILES string of the molecule is CCS(=O)(=O)c1ccc(C(=O)Nc2cc(NC(C)=O)ccc2OC)cc1. The van der Waals surface area contributed by atoms with E-state index in [0.717, 1.165) is 0 Å². The van der Waals surface area contributed by atoms with Crippen LogP contribution in [0.25, 0.3) is 0 Å². The molecule has 138 valence electrons. The highest BCUT2D eigenvalue weighted by Crippen LogP contribution is 2.28. The standard InChI is InChI=1S/C18H20N2O5S/c1-4-26(23,24)15-8-5-13(6-9-15)18(22)20-16-11-14(19-12(2)21)7-10-17(16)25-3/h5-11H,4H2,1-3H3,(H,19,21)(H,20,22). The average Bonchev–Trinajstić information content (AvgIpc) is 2.61. The van der Waals surface area contributed by atoms with E-state index < -0.39 is 15.7 Å². The molecule has 0 spiro atoms. The molecule has 0 aliphatic rings. The van der Waals surface area contributed by atoms with Crippen molar-refractivity contribution in [2.45, 2.75) is 18.7 Å². The number of sulfone groups is 1. The zero-order valence-corrected chi connectivity index (χ0v) is 15.5. The number of ether oxygens (including phenoxy) is 1. The largest absolute Gasteiger partial charge is 0.495 e. The number of hydrogen-bond acceptors (Lipinski definition) is 5. The van der Waals surface area contributed by atoms with Crippen LogP contribution in [-0.4, -0.2) is 33.1 Å². The highest BCUT2D eigenvalue weighted by molar-refractivity contribution is 7.91. The third kappa shape index (κ3) is 4.60. The van der Waals surface area contributed by atoms with Gasteiger partial charge in [0.2, 0.25) is 5.91 Å².